The monoisotopic (exact) mass is 445 g/mol. The van der Waals surface area contributed by atoms with E-state index in [1.165, 1.54) is 5.56 Å². The molecule has 2 aromatic carbocycles. The minimum atomic E-state index is 0. The largest absolute Gasteiger partial charge is 0.495 e. The number of hydrogen-bond acceptors (Lipinski definition) is 2. The summed E-state index contributed by atoms with van der Waals surface area (Å²) < 4.78 is 5.12. The molecule has 0 saturated carbocycles. The number of nitrogens with two attached hydrogens (primary N) is 1. The quantitative estimate of drug-likeness (QED) is 0.406. The van der Waals surface area contributed by atoms with Crippen molar-refractivity contribution in [2.75, 3.05) is 12.4 Å². The van der Waals surface area contributed by atoms with Gasteiger partial charge < -0.3 is 15.8 Å². The summed E-state index contributed by atoms with van der Waals surface area (Å²) in [5.41, 5.74) is 9.08. The number of anilines is 1. The highest BCUT2D eigenvalue weighted by molar-refractivity contribution is 14.0. The van der Waals surface area contributed by atoms with Gasteiger partial charge in [0, 0.05) is 5.69 Å². The van der Waals surface area contributed by atoms with Crippen molar-refractivity contribution in [3.8, 4) is 5.75 Å². The van der Waals surface area contributed by atoms with E-state index >= 15 is 0 Å². The molecule has 0 aliphatic carbocycles. The van der Waals surface area contributed by atoms with Gasteiger partial charge in [-0.25, -0.2) is 4.99 Å². The van der Waals surface area contributed by atoms with Gasteiger partial charge in [-0.2, -0.15) is 0 Å². The molecule has 0 aromatic heterocycles. The van der Waals surface area contributed by atoms with Gasteiger partial charge in [0.15, 0.2) is 5.96 Å². The van der Waals surface area contributed by atoms with Gasteiger partial charge in [-0.05, 0) is 41.8 Å². The number of hydrogen-bond donors (Lipinski definition) is 2. The first-order chi connectivity index (χ1) is 10.6. The fraction of sp³-hybridized carbons (Fsp3) is 0.235. The first-order valence-corrected chi connectivity index (χ1v) is 7.48. The van der Waals surface area contributed by atoms with Gasteiger partial charge in [-0.15, -0.1) is 24.0 Å². The van der Waals surface area contributed by atoms with Crippen molar-refractivity contribution >= 4 is 47.2 Å². The highest BCUT2D eigenvalue weighted by atomic mass is 127. The third-order valence-electron chi connectivity index (χ3n) is 3.26. The average molecular weight is 446 g/mol. The Morgan fingerprint density at radius 2 is 2.00 bits per heavy atom. The number of ether oxygens (including phenoxy) is 1. The maximum atomic E-state index is 6.09. The summed E-state index contributed by atoms with van der Waals surface area (Å²) in [6.45, 7) is 2.57. The third-order valence-corrected chi connectivity index (χ3v) is 3.55. The first kappa shape index (κ1) is 19.6. The van der Waals surface area contributed by atoms with E-state index in [9.17, 15) is 0 Å². The number of aliphatic imine (C=N–C) groups is 1. The smallest absolute Gasteiger partial charge is 0.193 e. The minimum Gasteiger partial charge on any atom is -0.495 e. The van der Waals surface area contributed by atoms with Crippen molar-refractivity contribution in [1.29, 1.82) is 0 Å². The van der Waals surface area contributed by atoms with E-state index in [2.05, 4.69) is 29.4 Å². The van der Waals surface area contributed by atoms with Crippen molar-refractivity contribution in [3.05, 3.63) is 58.6 Å². The number of guanidine groups is 1. The number of nitrogens with zero attached hydrogens (tertiary/aromatic N) is 1. The molecule has 0 spiro atoms. The fourth-order valence-corrected chi connectivity index (χ4v) is 2.32. The van der Waals surface area contributed by atoms with Crippen molar-refractivity contribution in [3.63, 3.8) is 0 Å². The zero-order valence-electron chi connectivity index (χ0n) is 13.2. The van der Waals surface area contributed by atoms with Crippen molar-refractivity contribution in [2.45, 2.75) is 19.9 Å². The molecule has 0 unspecified atom stereocenters. The van der Waals surface area contributed by atoms with Crippen LogP contribution < -0.4 is 15.8 Å². The molecule has 0 saturated heterocycles. The van der Waals surface area contributed by atoms with Crippen LogP contribution in [0, 0.1) is 0 Å². The number of methoxy groups -OCH3 is 1. The Hall–Kier alpha value is -1.47. The van der Waals surface area contributed by atoms with Crippen LogP contribution in [0.5, 0.6) is 5.75 Å². The normalized spacial score (nSPS) is 10.8. The van der Waals surface area contributed by atoms with Gasteiger partial charge in [0.1, 0.15) is 5.75 Å². The van der Waals surface area contributed by atoms with Crippen molar-refractivity contribution in [2.24, 2.45) is 10.7 Å². The van der Waals surface area contributed by atoms with Crippen LogP contribution in [-0.4, -0.2) is 13.1 Å². The lowest BCUT2D eigenvalue weighted by Crippen LogP contribution is -2.22. The number of halogens is 2. The number of benzene rings is 2. The Labute approximate surface area is 159 Å². The minimum absolute atomic E-state index is 0. The van der Waals surface area contributed by atoms with Gasteiger partial charge in [-0.1, -0.05) is 36.7 Å². The van der Waals surface area contributed by atoms with E-state index in [0.29, 0.717) is 23.3 Å². The summed E-state index contributed by atoms with van der Waals surface area (Å²) in [4.78, 5) is 4.33. The molecular weight excluding hydrogens is 425 g/mol. The van der Waals surface area contributed by atoms with Crippen LogP contribution in [0.2, 0.25) is 5.02 Å². The van der Waals surface area contributed by atoms with Crippen LogP contribution in [0.15, 0.2) is 47.5 Å². The number of rotatable bonds is 5. The Morgan fingerprint density at radius 3 is 2.65 bits per heavy atom. The lowest BCUT2D eigenvalue weighted by molar-refractivity contribution is 0.415. The molecule has 4 nitrogen and oxygen atoms in total. The van der Waals surface area contributed by atoms with Gasteiger partial charge in [0.25, 0.3) is 0 Å². The lowest BCUT2D eigenvalue weighted by Gasteiger charge is -2.08. The van der Waals surface area contributed by atoms with Gasteiger partial charge in [0.2, 0.25) is 0 Å². The molecule has 124 valence electrons. The molecule has 0 atom stereocenters. The average Bonchev–Trinajstić information content (AvgIpc) is 2.53. The van der Waals surface area contributed by atoms with E-state index in [0.717, 1.165) is 17.7 Å². The lowest BCUT2D eigenvalue weighted by atomic mass is 10.1. The second kappa shape index (κ2) is 9.62. The van der Waals surface area contributed by atoms with E-state index < -0.39 is 0 Å². The highest BCUT2D eigenvalue weighted by Crippen LogP contribution is 2.25. The molecule has 2 aromatic rings. The zero-order chi connectivity index (χ0) is 15.9. The van der Waals surface area contributed by atoms with Crippen LogP contribution >= 0.6 is 35.6 Å². The second-order valence-electron chi connectivity index (χ2n) is 4.85. The van der Waals surface area contributed by atoms with E-state index in [-0.39, 0.29) is 24.0 Å². The number of nitrogens with one attached hydrogen (secondary N) is 1. The molecule has 0 fully saturated rings. The Morgan fingerprint density at radius 1 is 1.22 bits per heavy atom. The van der Waals surface area contributed by atoms with Crippen LogP contribution in [0.1, 0.15) is 18.1 Å². The molecule has 0 radical (unpaired) electrons. The summed E-state index contributed by atoms with van der Waals surface area (Å²) >= 11 is 6.09. The van der Waals surface area contributed by atoms with Crippen molar-refractivity contribution < 1.29 is 4.74 Å². The van der Waals surface area contributed by atoms with Gasteiger partial charge in [0.05, 0.1) is 18.7 Å². The molecule has 0 bridgehead atoms. The molecule has 0 heterocycles. The Balaban J connectivity index is 0.00000264. The van der Waals surface area contributed by atoms with Crippen molar-refractivity contribution in [1.82, 2.24) is 0 Å². The molecule has 3 N–H and O–H groups in total. The highest BCUT2D eigenvalue weighted by Gasteiger charge is 2.02. The third kappa shape index (κ3) is 5.91. The van der Waals surface area contributed by atoms with Gasteiger partial charge in [-0.3, -0.25) is 0 Å². The summed E-state index contributed by atoms with van der Waals surface area (Å²) in [7, 11) is 1.59. The van der Waals surface area contributed by atoms with E-state index in [1.54, 1.807) is 7.11 Å². The fourth-order valence-electron chi connectivity index (χ4n) is 2.04. The molecule has 6 heteroatoms. The topological polar surface area (TPSA) is 59.6 Å². The Kier molecular flexibility index (Phi) is 8.19. The molecule has 0 aliphatic rings. The maximum absolute atomic E-state index is 6.09. The molecule has 2 rings (SSSR count). The van der Waals surface area contributed by atoms with Crippen LogP contribution in [0.4, 0.5) is 5.69 Å². The predicted octanol–water partition coefficient (Wildman–Crippen LogP) is 4.46. The molecule has 0 amide bonds. The van der Waals surface area contributed by atoms with E-state index in [1.807, 2.05) is 30.3 Å². The maximum Gasteiger partial charge on any atom is 0.193 e. The van der Waals surface area contributed by atoms with Crippen LogP contribution in [0.25, 0.3) is 0 Å². The molecule has 23 heavy (non-hydrogen) atoms. The summed E-state index contributed by atoms with van der Waals surface area (Å²) in [5.74, 6) is 1.03. The second-order valence-corrected chi connectivity index (χ2v) is 5.26. The van der Waals surface area contributed by atoms with Crippen LogP contribution in [-0.2, 0) is 13.0 Å². The van der Waals surface area contributed by atoms with Gasteiger partial charge >= 0.3 is 0 Å². The Bertz CT molecular complexity index is 677. The zero-order valence-corrected chi connectivity index (χ0v) is 16.3. The summed E-state index contributed by atoms with van der Waals surface area (Å²) in [5, 5.41) is 3.66. The van der Waals surface area contributed by atoms with E-state index in [4.69, 9.17) is 22.1 Å². The SMILES string of the molecule is CCc1cccc(NC(N)=NCc2ccc(OC)c(Cl)c2)c1.I. The summed E-state index contributed by atoms with van der Waals surface area (Å²) in [6.07, 6.45) is 0.983. The standard InChI is InChI=1S/C17H20ClN3O.HI/c1-3-12-5-4-6-14(9-12)21-17(19)20-11-13-7-8-16(22-2)15(18)10-13;/h4-10H,3,11H2,1-2H3,(H3,19,20,21);1H. The first-order valence-electron chi connectivity index (χ1n) is 7.10. The van der Waals surface area contributed by atoms with Crippen LogP contribution in [0.3, 0.4) is 0 Å². The predicted molar refractivity (Wildman–Crippen MR) is 108 cm³/mol. The summed E-state index contributed by atoms with van der Waals surface area (Å²) in [6, 6.07) is 13.7. The molecular formula is C17H21ClIN3O. The molecule has 0 aliphatic heterocycles. The number of aryl methyl sites for hydroxylation is 1.